The zero-order valence-corrected chi connectivity index (χ0v) is 10.7. The topological polar surface area (TPSA) is 35.5 Å². The Morgan fingerprint density at radius 2 is 2.13 bits per heavy atom. The van der Waals surface area contributed by atoms with Crippen LogP contribution in [0.25, 0.3) is 0 Å². The van der Waals surface area contributed by atoms with Crippen molar-refractivity contribution in [2.24, 2.45) is 0 Å². The molecule has 0 fully saturated rings. The van der Waals surface area contributed by atoms with Crippen molar-refractivity contribution in [2.45, 2.75) is 5.33 Å². The Morgan fingerprint density at radius 1 is 1.47 bits per heavy atom. The molecule has 0 N–H and O–H groups in total. The molecule has 0 amide bonds. The van der Waals surface area contributed by atoms with E-state index in [0.29, 0.717) is 16.1 Å². The molecule has 3 nitrogen and oxygen atoms in total. The summed E-state index contributed by atoms with van der Waals surface area (Å²) < 4.78 is 9.70. The Bertz CT molecular complexity index is 379. The van der Waals surface area contributed by atoms with Crippen LogP contribution in [-0.2, 0) is 10.1 Å². The molecular formula is C10H10BrClO3. The lowest BCUT2D eigenvalue weighted by Gasteiger charge is -2.10. The second-order valence-electron chi connectivity index (χ2n) is 2.78. The van der Waals surface area contributed by atoms with Gasteiger partial charge in [-0.05, 0) is 17.7 Å². The quantitative estimate of drug-likeness (QED) is 0.635. The van der Waals surface area contributed by atoms with E-state index in [-0.39, 0.29) is 5.56 Å². The summed E-state index contributed by atoms with van der Waals surface area (Å²) in [7, 11) is 2.78. The highest BCUT2D eigenvalue weighted by atomic mass is 79.9. The number of esters is 1. The molecule has 0 aromatic heterocycles. The fourth-order valence-corrected chi connectivity index (χ4v) is 1.81. The van der Waals surface area contributed by atoms with E-state index in [1.54, 1.807) is 12.1 Å². The van der Waals surface area contributed by atoms with Crippen LogP contribution in [0.4, 0.5) is 0 Å². The van der Waals surface area contributed by atoms with E-state index in [1.807, 2.05) is 0 Å². The van der Waals surface area contributed by atoms with Crippen LogP contribution in [0.5, 0.6) is 5.75 Å². The van der Waals surface area contributed by atoms with Crippen LogP contribution >= 0.6 is 27.5 Å². The molecule has 1 aromatic rings. The van der Waals surface area contributed by atoms with Gasteiger partial charge in [0.1, 0.15) is 11.3 Å². The van der Waals surface area contributed by atoms with Crippen LogP contribution in [-0.4, -0.2) is 20.2 Å². The van der Waals surface area contributed by atoms with Gasteiger partial charge in [-0.25, -0.2) is 4.79 Å². The molecule has 0 unspecified atom stereocenters. The minimum atomic E-state index is -0.502. The average Bonchev–Trinajstić information content (AvgIpc) is 2.26. The van der Waals surface area contributed by atoms with Gasteiger partial charge in [0, 0.05) is 5.33 Å². The molecule has 0 saturated heterocycles. The monoisotopic (exact) mass is 292 g/mol. The van der Waals surface area contributed by atoms with Gasteiger partial charge >= 0.3 is 5.97 Å². The van der Waals surface area contributed by atoms with Gasteiger partial charge in [0.2, 0.25) is 0 Å². The van der Waals surface area contributed by atoms with E-state index in [0.717, 1.165) is 5.56 Å². The Hall–Kier alpha value is -0.740. The van der Waals surface area contributed by atoms with E-state index >= 15 is 0 Å². The van der Waals surface area contributed by atoms with Crippen molar-refractivity contribution in [3.63, 3.8) is 0 Å². The first-order chi connectivity index (χ1) is 7.13. The molecule has 0 atom stereocenters. The van der Waals surface area contributed by atoms with Crippen LogP contribution in [0.2, 0.25) is 5.02 Å². The Labute approximate surface area is 101 Å². The van der Waals surface area contributed by atoms with Gasteiger partial charge in [-0.15, -0.1) is 0 Å². The third-order valence-electron chi connectivity index (χ3n) is 1.88. The van der Waals surface area contributed by atoms with Gasteiger partial charge < -0.3 is 9.47 Å². The van der Waals surface area contributed by atoms with Crippen LogP contribution in [0.1, 0.15) is 15.9 Å². The van der Waals surface area contributed by atoms with Gasteiger partial charge in [0.15, 0.2) is 0 Å². The van der Waals surface area contributed by atoms with Gasteiger partial charge in [-0.1, -0.05) is 27.5 Å². The largest absolute Gasteiger partial charge is 0.496 e. The van der Waals surface area contributed by atoms with Crippen molar-refractivity contribution in [1.82, 2.24) is 0 Å². The molecule has 82 valence electrons. The first-order valence-corrected chi connectivity index (χ1v) is 5.64. The highest BCUT2D eigenvalue weighted by Crippen LogP contribution is 2.29. The number of halogens is 2. The van der Waals surface area contributed by atoms with Crippen molar-refractivity contribution in [1.29, 1.82) is 0 Å². The summed E-state index contributed by atoms with van der Waals surface area (Å²) in [6.07, 6.45) is 0. The van der Waals surface area contributed by atoms with Crippen LogP contribution in [0.3, 0.4) is 0 Å². The first-order valence-electron chi connectivity index (χ1n) is 4.14. The number of rotatable bonds is 3. The van der Waals surface area contributed by atoms with E-state index in [1.165, 1.54) is 14.2 Å². The van der Waals surface area contributed by atoms with E-state index in [9.17, 15) is 4.79 Å². The summed E-state index contributed by atoms with van der Waals surface area (Å²) >= 11 is 9.27. The second kappa shape index (κ2) is 5.37. The number of hydrogen-bond acceptors (Lipinski definition) is 3. The summed E-state index contributed by atoms with van der Waals surface area (Å²) in [5.74, 6) is -0.0817. The van der Waals surface area contributed by atoms with Crippen molar-refractivity contribution >= 4 is 33.5 Å². The van der Waals surface area contributed by atoms with Gasteiger partial charge in [0.25, 0.3) is 0 Å². The lowest BCUT2D eigenvalue weighted by Crippen LogP contribution is -2.05. The molecule has 0 radical (unpaired) electrons. The molecule has 0 spiro atoms. The normalized spacial score (nSPS) is 9.87. The summed E-state index contributed by atoms with van der Waals surface area (Å²) in [6, 6.07) is 3.44. The molecule has 0 aliphatic heterocycles. The number of methoxy groups -OCH3 is 2. The molecule has 15 heavy (non-hydrogen) atoms. The third-order valence-corrected chi connectivity index (χ3v) is 2.82. The summed E-state index contributed by atoms with van der Waals surface area (Å²) in [4.78, 5) is 11.4. The Kier molecular flexibility index (Phi) is 4.42. The molecule has 1 rings (SSSR count). The summed E-state index contributed by atoms with van der Waals surface area (Å²) in [6.45, 7) is 0. The minimum Gasteiger partial charge on any atom is -0.496 e. The van der Waals surface area contributed by atoms with Crippen LogP contribution in [0, 0.1) is 0 Å². The predicted octanol–water partition coefficient (Wildman–Crippen LogP) is 3.03. The highest BCUT2D eigenvalue weighted by Gasteiger charge is 2.18. The summed E-state index contributed by atoms with van der Waals surface area (Å²) in [5, 5.41) is 0.973. The fraction of sp³-hybridized carbons (Fsp3) is 0.300. The average molecular weight is 294 g/mol. The maximum Gasteiger partial charge on any atom is 0.343 e. The van der Waals surface area contributed by atoms with Gasteiger partial charge in [0.05, 0.1) is 19.2 Å². The molecule has 5 heteroatoms. The smallest absolute Gasteiger partial charge is 0.343 e. The molecule has 1 aromatic carbocycles. The van der Waals surface area contributed by atoms with Gasteiger partial charge in [-0.3, -0.25) is 0 Å². The van der Waals surface area contributed by atoms with Crippen molar-refractivity contribution < 1.29 is 14.3 Å². The van der Waals surface area contributed by atoms with Crippen LogP contribution < -0.4 is 4.74 Å². The first kappa shape index (κ1) is 12.3. The predicted molar refractivity (Wildman–Crippen MR) is 62.0 cm³/mol. The van der Waals surface area contributed by atoms with Crippen LogP contribution in [0.15, 0.2) is 12.1 Å². The fourth-order valence-electron chi connectivity index (χ4n) is 1.17. The number of hydrogen-bond donors (Lipinski definition) is 0. The van der Waals surface area contributed by atoms with Crippen molar-refractivity contribution in [2.75, 3.05) is 14.2 Å². The number of carbonyl (C=O) groups is 1. The maximum atomic E-state index is 11.4. The third kappa shape index (κ3) is 2.63. The van der Waals surface area contributed by atoms with E-state index in [4.69, 9.17) is 16.3 Å². The molecular weight excluding hydrogens is 283 g/mol. The second-order valence-corrected chi connectivity index (χ2v) is 3.75. The maximum absolute atomic E-state index is 11.4. The standard InChI is InChI=1S/C10H10BrClO3/c1-14-8-4-6(5-11)3-7(12)9(8)10(13)15-2/h3-4H,5H2,1-2H3. The zero-order valence-electron chi connectivity index (χ0n) is 8.34. The van der Waals surface area contributed by atoms with Crippen molar-refractivity contribution in [3.8, 4) is 5.75 Å². The minimum absolute atomic E-state index is 0.256. The molecule has 0 aliphatic carbocycles. The van der Waals surface area contributed by atoms with E-state index in [2.05, 4.69) is 20.7 Å². The number of ether oxygens (including phenoxy) is 2. The number of benzene rings is 1. The number of alkyl halides is 1. The zero-order chi connectivity index (χ0) is 11.4. The van der Waals surface area contributed by atoms with Gasteiger partial charge in [-0.2, -0.15) is 0 Å². The molecule has 0 bridgehead atoms. The molecule has 0 saturated carbocycles. The lowest BCUT2D eigenvalue weighted by molar-refractivity contribution is 0.0597. The SMILES string of the molecule is COC(=O)c1c(Cl)cc(CBr)cc1OC. The summed E-state index contributed by atoms with van der Waals surface area (Å²) in [5.41, 5.74) is 1.19. The van der Waals surface area contributed by atoms with E-state index < -0.39 is 5.97 Å². The van der Waals surface area contributed by atoms with Crippen molar-refractivity contribution in [3.05, 3.63) is 28.3 Å². The molecule has 0 aliphatic rings. The number of carbonyl (C=O) groups excluding carboxylic acids is 1. The Balaban J connectivity index is 3.30. The lowest BCUT2D eigenvalue weighted by atomic mass is 10.1. The highest BCUT2D eigenvalue weighted by molar-refractivity contribution is 9.08. The molecule has 0 heterocycles. The Morgan fingerprint density at radius 3 is 2.60 bits per heavy atom.